The maximum Gasteiger partial charge on any atom is 0.205 e. The molecule has 33 heavy (non-hydrogen) atoms. The summed E-state index contributed by atoms with van der Waals surface area (Å²) in [6.45, 7) is 11.8. The van der Waals surface area contributed by atoms with Gasteiger partial charge in [-0.2, -0.15) is 0 Å². The summed E-state index contributed by atoms with van der Waals surface area (Å²) < 4.78 is 7.90. The number of hydrogen-bond donors (Lipinski definition) is 2. The van der Waals surface area contributed by atoms with E-state index in [0.717, 1.165) is 40.6 Å². The molecule has 0 amide bonds. The molecule has 3 heterocycles. The lowest BCUT2D eigenvalue weighted by Crippen LogP contribution is -2.45. The molecule has 0 aliphatic carbocycles. The van der Waals surface area contributed by atoms with E-state index in [1.54, 1.807) is 12.5 Å². The van der Waals surface area contributed by atoms with E-state index in [1.165, 1.54) is 0 Å². The summed E-state index contributed by atoms with van der Waals surface area (Å²) in [5.74, 6) is 2.36. The van der Waals surface area contributed by atoms with Crippen LogP contribution < -0.4 is 21.1 Å². The van der Waals surface area contributed by atoms with Crippen molar-refractivity contribution in [3.05, 3.63) is 59.6 Å². The number of allylic oxidation sites excluding steroid dienone is 2. The van der Waals surface area contributed by atoms with Gasteiger partial charge in [0.15, 0.2) is 5.82 Å². The number of guanidine groups is 1. The molecule has 0 unspecified atom stereocenters. The number of rotatable bonds is 5. The Hall–Kier alpha value is -3.75. The molecule has 4 N–H and O–H groups in total. The number of aryl methyl sites for hydroxylation is 1. The van der Waals surface area contributed by atoms with Gasteiger partial charge in [-0.05, 0) is 43.5 Å². The van der Waals surface area contributed by atoms with Crippen molar-refractivity contribution in [1.29, 1.82) is 0 Å². The molecule has 4 rings (SSSR count). The smallest absolute Gasteiger partial charge is 0.205 e. The number of aliphatic imine (C=N–C) groups is 1. The standard InChI is InChI=1S/C24H32N8O/c1-7-33-19-11-16(22-29-28-14-30(22)6)8-9-18(19)32-20-17(12-27-23(32)26)10-15(2)31(21(20)25)13-24(3,4)5/h8-12,14H,7,13,25H2,1-6H3,(H2,26,27). The van der Waals surface area contributed by atoms with Crippen LogP contribution in [0.2, 0.25) is 0 Å². The van der Waals surface area contributed by atoms with Crippen LogP contribution in [0.5, 0.6) is 5.75 Å². The SMILES string of the molecule is CCOc1cc(-c2nncn2C)ccc1N1C(N)=NC=C2C=C(C)N(CC(C)(C)C)C(N)=C21. The lowest BCUT2D eigenvalue weighted by Gasteiger charge is -2.40. The zero-order valence-corrected chi connectivity index (χ0v) is 20.1. The first-order valence-corrected chi connectivity index (χ1v) is 11.0. The van der Waals surface area contributed by atoms with Gasteiger partial charge >= 0.3 is 0 Å². The van der Waals surface area contributed by atoms with Gasteiger partial charge in [0.25, 0.3) is 0 Å². The maximum absolute atomic E-state index is 6.78. The van der Waals surface area contributed by atoms with Crippen LogP contribution >= 0.6 is 0 Å². The van der Waals surface area contributed by atoms with Gasteiger partial charge in [-0.3, -0.25) is 4.90 Å². The van der Waals surface area contributed by atoms with Crippen molar-refractivity contribution < 1.29 is 4.74 Å². The number of hydrogen-bond acceptors (Lipinski definition) is 8. The number of aromatic nitrogens is 3. The molecule has 1 aromatic carbocycles. The van der Waals surface area contributed by atoms with Crippen LogP contribution in [-0.2, 0) is 7.05 Å². The van der Waals surface area contributed by atoms with Gasteiger partial charge in [0.05, 0.1) is 18.0 Å². The van der Waals surface area contributed by atoms with Crippen LogP contribution in [0.15, 0.2) is 64.6 Å². The number of anilines is 1. The molecular weight excluding hydrogens is 416 g/mol. The van der Waals surface area contributed by atoms with Crippen LogP contribution in [0.3, 0.4) is 0 Å². The molecule has 0 fully saturated rings. The second-order valence-electron chi connectivity index (χ2n) is 9.45. The van der Waals surface area contributed by atoms with Crippen molar-refractivity contribution in [1.82, 2.24) is 19.7 Å². The molecule has 9 nitrogen and oxygen atoms in total. The summed E-state index contributed by atoms with van der Waals surface area (Å²) in [6.07, 6.45) is 5.52. The van der Waals surface area contributed by atoms with Crippen LogP contribution in [0, 0.1) is 5.41 Å². The van der Waals surface area contributed by atoms with Gasteiger partial charge in [0.1, 0.15) is 17.9 Å². The Balaban J connectivity index is 1.85. The fourth-order valence-electron chi connectivity index (χ4n) is 4.07. The van der Waals surface area contributed by atoms with E-state index < -0.39 is 0 Å². The van der Waals surface area contributed by atoms with Crippen LogP contribution in [0.1, 0.15) is 34.6 Å². The third kappa shape index (κ3) is 4.18. The Labute approximate surface area is 194 Å². The normalized spacial score (nSPS) is 16.4. The van der Waals surface area contributed by atoms with E-state index >= 15 is 0 Å². The third-order valence-electron chi connectivity index (χ3n) is 5.49. The third-order valence-corrected chi connectivity index (χ3v) is 5.49. The monoisotopic (exact) mass is 448 g/mol. The number of nitrogens with zero attached hydrogens (tertiary/aromatic N) is 6. The molecule has 0 saturated heterocycles. The highest BCUT2D eigenvalue weighted by atomic mass is 16.5. The van der Waals surface area contributed by atoms with Gasteiger partial charge in [0, 0.05) is 36.6 Å². The Morgan fingerprint density at radius 1 is 1.15 bits per heavy atom. The first kappa shape index (κ1) is 22.4. The molecule has 0 bridgehead atoms. The van der Waals surface area contributed by atoms with Crippen molar-refractivity contribution in [3.63, 3.8) is 0 Å². The van der Waals surface area contributed by atoms with Crippen LogP contribution in [-0.4, -0.2) is 38.8 Å². The molecule has 2 aliphatic rings. The van der Waals surface area contributed by atoms with Crippen molar-refractivity contribution in [2.45, 2.75) is 34.6 Å². The second-order valence-corrected chi connectivity index (χ2v) is 9.45. The Bertz CT molecular complexity index is 1200. The molecule has 0 spiro atoms. The van der Waals surface area contributed by atoms with Crippen molar-refractivity contribution >= 4 is 11.6 Å². The van der Waals surface area contributed by atoms with Gasteiger partial charge in [-0.25, -0.2) is 4.99 Å². The van der Waals surface area contributed by atoms with Gasteiger partial charge in [-0.1, -0.05) is 20.8 Å². The largest absolute Gasteiger partial charge is 0.492 e. The molecule has 0 saturated carbocycles. The van der Waals surface area contributed by atoms with Crippen molar-refractivity contribution in [2.75, 3.05) is 18.1 Å². The zero-order chi connectivity index (χ0) is 23.9. The van der Waals surface area contributed by atoms with E-state index in [2.05, 4.69) is 53.9 Å². The summed E-state index contributed by atoms with van der Waals surface area (Å²) in [6, 6.07) is 5.88. The molecule has 1 aromatic heterocycles. The lowest BCUT2D eigenvalue weighted by molar-refractivity contribution is 0.269. The highest BCUT2D eigenvalue weighted by molar-refractivity contribution is 6.02. The van der Waals surface area contributed by atoms with Crippen molar-refractivity contribution in [3.8, 4) is 17.1 Å². The Morgan fingerprint density at radius 3 is 2.55 bits per heavy atom. The van der Waals surface area contributed by atoms with Gasteiger partial charge in [0.2, 0.25) is 5.96 Å². The summed E-state index contributed by atoms with van der Waals surface area (Å²) >= 11 is 0. The quantitative estimate of drug-likeness (QED) is 0.722. The molecule has 174 valence electrons. The predicted octanol–water partition coefficient (Wildman–Crippen LogP) is 3.29. The highest BCUT2D eigenvalue weighted by Gasteiger charge is 2.33. The number of nitrogens with two attached hydrogens (primary N) is 2. The fourth-order valence-corrected chi connectivity index (χ4v) is 4.07. The zero-order valence-electron chi connectivity index (χ0n) is 20.1. The number of ether oxygens (including phenoxy) is 1. The lowest BCUT2D eigenvalue weighted by atomic mass is 9.94. The summed E-state index contributed by atoms with van der Waals surface area (Å²) in [4.78, 5) is 8.45. The Kier molecular flexibility index (Phi) is 5.65. The van der Waals surface area contributed by atoms with E-state index in [4.69, 9.17) is 16.2 Å². The molecule has 2 aliphatic heterocycles. The highest BCUT2D eigenvalue weighted by Crippen LogP contribution is 2.40. The summed E-state index contributed by atoms with van der Waals surface area (Å²) in [7, 11) is 1.90. The predicted molar refractivity (Wildman–Crippen MR) is 131 cm³/mol. The second kappa shape index (κ2) is 8.31. The molecule has 2 aromatic rings. The van der Waals surface area contributed by atoms with E-state index in [-0.39, 0.29) is 5.41 Å². The minimum atomic E-state index is 0.0505. The maximum atomic E-state index is 6.78. The van der Waals surface area contributed by atoms with E-state index in [9.17, 15) is 0 Å². The Morgan fingerprint density at radius 2 is 1.91 bits per heavy atom. The summed E-state index contributed by atoms with van der Waals surface area (Å²) in [5, 5.41) is 8.20. The van der Waals surface area contributed by atoms with E-state index in [1.807, 2.05) is 41.6 Å². The molecular formula is C24H32N8O. The number of fused-ring (bicyclic) bond motifs is 1. The average Bonchev–Trinajstić information content (AvgIpc) is 3.17. The fraction of sp³-hybridized carbons (Fsp3) is 0.375. The first-order chi connectivity index (χ1) is 15.6. The van der Waals surface area contributed by atoms with Crippen LogP contribution in [0.4, 0.5) is 5.69 Å². The average molecular weight is 449 g/mol. The summed E-state index contributed by atoms with van der Waals surface area (Å²) in [5.41, 5.74) is 17.7. The van der Waals surface area contributed by atoms with Crippen molar-refractivity contribution in [2.24, 2.45) is 28.9 Å². The van der Waals surface area contributed by atoms with Gasteiger partial charge < -0.3 is 25.7 Å². The molecule has 0 atom stereocenters. The van der Waals surface area contributed by atoms with Gasteiger partial charge in [-0.15, -0.1) is 10.2 Å². The molecule has 9 heteroatoms. The topological polar surface area (TPSA) is 111 Å². The van der Waals surface area contributed by atoms with Crippen LogP contribution in [0.25, 0.3) is 11.4 Å². The number of benzene rings is 1. The molecule has 0 radical (unpaired) electrons. The minimum Gasteiger partial charge on any atom is -0.492 e. The van der Waals surface area contributed by atoms with E-state index in [0.29, 0.717) is 24.1 Å². The first-order valence-electron chi connectivity index (χ1n) is 11.0. The minimum absolute atomic E-state index is 0.0505.